The topological polar surface area (TPSA) is 66.4 Å². The summed E-state index contributed by atoms with van der Waals surface area (Å²) < 4.78 is 0. The van der Waals surface area contributed by atoms with Crippen molar-refractivity contribution in [3.05, 3.63) is 42.0 Å². The Morgan fingerprint density at radius 1 is 1.04 bits per heavy atom. The van der Waals surface area contributed by atoms with Gasteiger partial charge in [-0.25, -0.2) is 4.79 Å². The molecule has 2 N–H and O–H groups in total. The summed E-state index contributed by atoms with van der Waals surface area (Å²) >= 11 is 0. The van der Waals surface area contributed by atoms with Crippen molar-refractivity contribution in [1.29, 1.82) is 0 Å². The number of rotatable bonds is 12. The van der Waals surface area contributed by atoms with Crippen LogP contribution in [0.25, 0.3) is 6.08 Å². The van der Waals surface area contributed by atoms with Gasteiger partial charge in [0.15, 0.2) is 0 Å². The van der Waals surface area contributed by atoms with E-state index in [2.05, 4.69) is 12.2 Å². The zero-order valence-corrected chi connectivity index (χ0v) is 14.5. The van der Waals surface area contributed by atoms with Gasteiger partial charge in [0.2, 0.25) is 5.91 Å². The lowest BCUT2D eigenvalue weighted by Gasteiger charge is -2.13. The molecule has 1 atom stereocenters. The van der Waals surface area contributed by atoms with Gasteiger partial charge in [-0.3, -0.25) is 4.79 Å². The van der Waals surface area contributed by atoms with Gasteiger partial charge in [0, 0.05) is 6.08 Å². The van der Waals surface area contributed by atoms with Crippen LogP contribution in [0.3, 0.4) is 0 Å². The van der Waals surface area contributed by atoms with Gasteiger partial charge < -0.3 is 10.4 Å². The van der Waals surface area contributed by atoms with Crippen LogP contribution in [-0.4, -0.2) is 23.0 Å². The van der Waals surface area contributed by atoms with E-state index in [1.165, 1.54) is 31.8 Å². The molecule has 4 heteroatoms. The maximum Gasteiger partial charge on any atom is 0.326 e. The van der Waals surface area contributed by atoms with Crippen LogP contribution in [0.15, 0.2) is 36.4 Å². The number of hydrogen-bond donors (Lipinski definition) is 2. The molecule has 4 nitrogen and oxygen atoms in total. The van der Waals surface area contributed by atoms with E-state index in [-0.39, 0.29) is 5.91 Å². The molecule has 0 aliphatic rings. The molecular formula is C20H29NO3. The summed E-state index contributed by atoms with van der Waals surface area (Å²) in [5.41, 5.74) is 0.909. The number of hydrogen-bond acceptors (Lipinski definition) is 2. The van der Waals surface area contributed by atoms with Gasteiger partial charge >= 0.3 is 5.97 Å². The van der Waals surface area contributed by atoms with E-state index in [1.54, 1.807) is 6.08 Å². The highest BCUT2D eigenvalue weighted by Gasteiger charge is 2.18. The average Bonchev–Trinajstić information content (AvgIpc) is 2.59. The molecular weight excluding hydrogens is 302 g/mol. The second kappa shape index (κ2) is 12.3. The SMILES string of the molecule is CCCCCCCCCC(NC(=O)C=Cc1ccccc1)C(=O)O. The number of aliphatic carboxylic acids is 1. The number of unbranched alkanes of at least 4 members (excludes halogenated alkanes) is 6. The van der Waals surface area contributed by atoms with E-state index >= 15 is 0 Å². The molecule has 0 bridgehead atoms. The largest absolute Gasteiger partial charge is 0.480 e. The zero-order chi connectivity index (χ0) is 17.6. The van der Waals surface area contributed by atoms with Gasteiger partial charge in [-0.2, -0.15) is 0 Å². The Morgan fingerprint density at radius 3 is 2.29 bits per heavy atom. The van der Waals surface area contributed by atoms with Gasteiger partial charge in [-0.05, 0) is 18.1 Å². The molecule has 0 saturated heterocycles. The number of carbonyl (C=O) groups excluding carboxylic acids is 1. The van der Waals surface area contributed by atoms with Crippen LogP contribution in [-0.2, 0) is 9.59 Å². The summed E-state index contributed by atoms with van der Waals surface area (Å²) in [7, 11) is 0. The fourth-order valence-corrected chi connectivity index (χ4v) is 2.52. The Kier molecular flexibility index (Phi) is 10.3. The monoisotopic (exact) mass is 331 g/mol. The predicted molar refractivity (Wildman–Crippen MR) is 97.7 cm³/mol. The molecule has 132 valence electrons. The Labute approximate surface area is 145 Å². The molecule has 24 heavy (non-hydrogen) atoms. The molecule has 0 aromatic heterocycles. The summed E-state index contributed by atoms with van der Waals surface area (Å²) in [5, 5.41) is 11.8. The standard InChI is InChI=1S/C20H29NO3/c1-2-3-4-5-6-7-11-14-18(20(23)24)21-19(22)16-15-17-12-9-8-10-13-17/h8-10,12-13,15-16,18H,2-7,11,14H2,1H3,(H,21,22)(H,23,24). The van der Waals surface area contributed by atoms with Gasteiger partial charge in [0.25, 0.3) is 0 Å². The lowest BCUT2D eigenvalue weighted by atomic mass is 10.0. The number of carboxylic acid groups (broad SMARTS) is 1. The normalized spacial score (nSPS) is 12.2. The van der Waals surface area contributed by atoms with Crippen molar-refractivity contribution in [3.8, 4) is 0 Å². The third-order valence-electron chi connectivity index (χ3n) is 3.94. The van der Waals surface area contributed by atoms with E-state index in [0.29, 0.717) is 6.42 Å². The van der Waals surface area contributed by atoms with Crippen LogP contribution in [0, 0.1) is 0 Å². The van der Waals surface area contributed by atoms with Gasteiger partial charge in [0.1, 0.15) is 6.04 Å². The molecule has 1 aromatic rings. The lowest BCUT2D eigenvalue weighted by molar-refractivity contribution is -0.141. The van der Waals surface area contributed by atoms with Crippen molar-refractivity contribution in [2.45, 2.75) is 64.3 Å². The highest BCUT2D eigenvalue weighted by Crippen LogP contribution is 2.10. The highest BCUT2D eigenvalue weighted by molar-refractivity contribution is 5.94. The molecule has 0 spiro atoms. The first-order chi connectivity index (χ1) is 11.6. The molecule has 0 aliphatic carbocycles. The molecule has 0 radical (unpaired) electrons. The Hall–Kier alpha value is -2.10. The van der Waals surface area contributed by atoms with Crippen molar-refractivity contribution in [2.75, 3.05) is 0 Å². The Balaban J connectivity index is 2.30. The molecule has 0 heterocycles. The maximum absolute atomic E-state index is 11.9. The van der Waals surface area contributed by atoms with Crippen LogP contribution in [0.4, 0.5) is 0 Å². The molecule has 1 rings (SSSR count). The molecule has 0 aliphatic heterocycles. The fraction of sp³-hybridized carbons (Fsp3) is 0.500. The van der Waals surface area contributed by atoms with Crippen LogP contribution in [0.2, 0.25) is 0 Å². The number of amides is 1. The molecule has 0 saturated carbocycles. The zero-order valence-electron chi connectivity index (χ0n) is 14.5. The van der Waals surface area contributed by atoms with Gasteiger partial charge in [-0.1, -0.05) is 82.2 Å². The van der Waals surface area contributed by atoms with Crippen molar-refractivity contribution in [2.24, 2.45) is 0 Å². The fourth-order valence-electron chi connectivity index (χ4n) is 2.52. The minimum atomic E-state index is -0.970. The van der Waals surface area contributed by atoms with Crippen LogP contribution < -0.4 is 5.32 Å². The summed E-state index contributed by atoms with van der Waals surface area (Å²) in [6.07, 6.45) is 11.5. The average molecular weight is 331 g/mol. The highest BCUT2D eigenvalue weighted by atomic mass is 16.4. The number of carbonyl (C=O) groups is 2. The van der Waals surface area contributed by atoms with E-state index in [1.807, 2.05) is 30.3 Å². The van der Waals surface area contributed by atoms with Gasteiger partial charge in [-0.15, -0.1) is 0 Å². The van der Waals surface area contributed by atoms with E-state index in [4.69, 9.17) is 0 Å². The summed E-state index contributed by atoms with van der Waals surface area (Å²) in [4.78, 5) is 23.2. The molecule has 0 fully saturated rings. The third kappa shape index (κ3) is 9.13. The van der Waals surface area contributed by atoms with Crippen LogP contribution in [0.1, 0.15) is 63.9 Å². The number of benzene rings is 1. The van der Waals surface area contributed by atoms with Crippen molar-refractivity contribution in [1.82, 2.24) is 5.32 Å². The third-order valence-corrected chi connectivity index (χ3v) is 3.94. The second-order valence-corrected chi connectivity index (χ2v) is 6.05. The van der Waals surface area contributed by atoms with Crippen molar-refractivity contribution >= 4 is 18.0 Å². The minimum absolute atomic E-state index is 0.366. The Morgan fingerprint density at radius 2 is 1.67 bits per heavy atom. The number of carboxylic acids is 1. The maximum atomic E-state index is 11.9. The summed E-state index contributed by atoms with van der Waals surface area (Å²) in [6.45, 7) is 2.19. The first-order valence-electron chi connectivity index (χ1n) is 8.90. The second-order valence-electron chi connectivity index (χ2n) is 6.05. The number of nitrogens with one attached hydrogen (secondary N) is 1. The predicted octanol–water partition coefficient (Wildman–Crippen LogP) is 4.41. The lowest BCUT2D eigenvalue weighted by Crippen LogP contribution is -2.39. The van der Waals surface area contributed by atoms with E-state index in [9.17, 15) is 14.7 Å². The first kappa shape index (κ1) is 19.9. The van der Waals surface area contributed by atoms with Crippen molar-refractivity contribution in [3.63, 3.8) is 0 Å². The van der Waals surface area contributed by atoms with E-state index in [0.717, 1.165) is 24.8 Å². The summed E-state index contributed by atoms with van der Waals surface area (Å²) in [5.74, 6) is -1.34. The van der Waals surface area contributed by atoms with Crippen LogP contribution in [0.5, 0.6) is 0 Å². The smallest absolute Gasteiger partial charge is 0.326 e. The first-order valence-corrected chi connectivity index (χ1v) is 8.90. The molecule has 1 aromatic carbocycles. The van der Waals surface area contributed by atoms with Crippen molar-refractivity contribution < 1.29 is 14.7 Å². The quantitative estimate of drug-likeness (QED) is 0.440. The molecule has 1 amide bonds. The minimum Gasteiger partial charge on any atom is -0.480 e. The molecule has 1 unspecified atom stereocenters. The summed E-state index contributed by atoms with van der Waals surface area (Å²) in [6, 6.07) is 8.64. The van der Waals surface area contributed by atoms with Crippen LogP contribution >= 0.6 is 0 Å². The van der Waals surface area contributed by atoms with Gasteiger partial charge in [0.05, 0.1) is 0 Å². The van der Waals surface area contributed by atoms with E-state index < -0.39 is 12.0 Å². The Bertz CT molecular complexity index is 511.